The first-order valence-electron chi connectivity index (χ1n) is 8.35. The van der Waals surface area contributed by atoms with Crippen LogP contribution in [0.4, 0.5) is 4.39 Å². The zero-order chi connectivity index (χ0) is 17.7. The monoisotopic (exact) mass is 340 g/mol. The fourth-order valence-electron chi connectivity index (χ4n) is 3.52. The second-order valence-electron chi connectivity index (χ2n) is 6.29. The third-order valence-corrected chi connectivity index (χ3v) is 4.70. The number of hydrogen-bond acceptors (Lipinski definition) is 2. The number of carbonyl (C=O) groups excluding carboxylic acids is 1. The van der Waals surface area contributed by atoms with Crippen molar-refractivity contribution in [2.24, 2.45) is 0 Å². The fourth-order valence-corrected chi connectivity index (χ4v) is 3.52. The van der Waals surface area contributed by atoms with Crippen molar-refractivity contribution in [3.8, 4) is 0 Å². The van der Waals surface area contributed by atoms with E-state index in [1.807, 2.05) is 54.6 Å². The van der Waals surface area contributed by atoms with Crippen LogP contribution in [0.1, 0.15) is 15.9 Å². The van der Waals surface area contributed by atoms with Crippen LogP contribution in [0.15, 0.2) is 83.3 Å². The van der Waals surface area contributed by atoms with Gasteiger partial charge in [-0.15, -0.1) is 0 Å². The fraction of sp³-hybridized carbons (Fsp3) is 0. The minimum Gasteiger partial charge on any atom is -0.455 e. The highest BCUT2D eigenvalue weighted by Crippen LogP contribution is 2.37. The molecule has 1 aromatic heterocycles. The van der Waals surface area contributed by atoms with Crippen molar-refractivity contribution in [2.75, 3.05) is 0 Å². The van der Waals surface area contributed by atoms with Gasteiger partial charge < -0.3 is 4.42 Å². The van der Waals surface area contributed by atoms with Gasteiger partial charge in [0.05, 0.1) is 0 Å². The van der Waals surface area contributed by atoms with Gasteiger partial charge in [0.15, 0.2) is 5.78 Å². The summed E-state index contributed by atoms with van der Waals surface area (Å²) in [5.74, 6) is -0.642. The van der Waals surface area contributed by atoms with Gasteiger partial charge in [-0.25, -0.2) is 4.39 Å². The summed E-state index contributed by atoms with van der Waals surface area (Å²) in [7, 11) is 0. The van der Waals surface area contributed by atoms with Crippen LogP contribution in [0.25, 0.3) is 32.7 Å². The topological polar surface area (TPSA) is 30.2 Å². The number of halogens is 1. The smallest absolute Gasteiger partial charge is 0.193 e. The maximum absolute atomic E-state index is 13.6. The Labute approximate surface area is 148 Å². The van der Waals surface area contributed by atoms with Gasteiger partial charge in [-0.1, -0.05) is 54.6 Å². The number of rotatable bonds is 2. The van der Waals surface area contributed by atoms with E-state index in [2.05, 4.69) is 0 Å². The maximum Gasteiger partial charge on any atom is 0.193 e. The molecule has 0 saturated carbocycles. The molecule has 0 radical (unpaired) electrons. The van der Waals surface area contributed by atoms with Gasteiger partial charge >= 0.3 is 0 Å². The van der Waals surface area contributed by atoms with Crippen molar-refractivity contribution in [1.82, 2.24) is 0 Å². The minimum absolute atomic E-state index is 0.216. The zero-order valence-corrected chi connectivity index (χ0v) is 13.7. The molecule has 3 heteroatoms. The maximum atomic E-state index is 13.6. The van der Waals surface area contributed by atoms with Crippen LogP contribution in [0.3, 0.4) is 0 Å². The number of hydrogen-bond donors (Lipinski definition) is 0. The van der Waals surface area contributed by atoms with Gasteiger partial charge in [-0.05, 0) is 29.7 Å². The Balaban J connectivity index is 1.92. The van der Waals surface area contributed by atoms with Crippen molar-refractivity contribution in [3.05, 3.63) is 95.8 Å². The van der Waals surface area contributed by atoms with Crippen molar-refractivity contribution in [3.63, 3.8) is 0 Å². The second kappa shape index (κ2) is 5.53. The van der Waals surface area contributed by atoms with E-state index in [1.54, 1.807) is 12.1 Å². The molecule has 4 aromatic carbocycles. The van der Waals surface area contributed by atoms with Crippen molar-refractivity contribution < 1.29 is 13.6 Å². The number of para-hydroxylation sites is 1. The Morgan fingerprint density at radius 3 is 2.42 bits per heavy atom. The molecule has 0 aliphatic heterocycles. The first-order chi connectivity index (χ1) is 12.7. The van der Waals surface area contributed by atoms with Gasteiger partial charge in [0, 0.05) is 27.3 Å². The first kappa shape index (κ1) is 14.8. The van der Waals surface area contributed by atoms with E-state index >= 15 is 0 Å². The number of furan rings is 1. The van der Waals surface area contributed by atoms with Crippen LogP contribution >= 0.6 is 0 Å². The Kier molecular flexibility index (Phi) is 3.16. The molecule has 5 aromatic rings. The van der Waals surface area contributed by atoms with Crippen molar-refractivity contribution in [2.45, 2.75) is 0 Å². The summed E-state index contributed by atoms with van der Waals surface area (Å²) in [6.07, 6.45) is 0. The highest BCUT2D eigenvalue weighted by molar-refractivity contribution is 6.26. The molecule has 0 N–H and O–H groups in total. The summed E-state index contributed by atoms with van der Waals surface area (Å²) >= 11 is 0. The van der Waals surface area contributed by atoms with E-state index in [0.717, 1.165) is 27.1 Å². The molecule has 0 atom stereocenters. The minimum atomic E-state index is -0.426. The molecule has 26 heavy (non-hydrogen) atoms. The molecule has 0 amide bonds. The van der Waals surface area contributed by atoms with Crippen LogP contribution in [0.5, 0.6) is 0 Å². The van der Waals surface area contributed by atoms with Crippen LogP contribution in [0, 0.1) is 5.82 Å². The van der Waals surface area contributed by atoms with E-state index < -0.39 is 5.82 Å². The van der Waals surface area contributed by atoms with E-state index in [9.17, 15) is 9.18 Å². The summed E-state index contributed by atoms with van der Waals surface area (Å²) in [4.78, 5) is 13.2. The Morgan fingerprint density at radius 1 is 0.808 bits per heavy atom. The third-order valence-electron chi connectivity index (χ3n) is 4.70. The van der Waals surface area contributed by atoms with Crippen LogP contribution in [-0.4, -0.2) is 5.78 Å². The Hall–Kier alpha value is -3.46. The van der Waals surface area contributed by atoms with Gasteiger partial charge in [0.2, 0.25) is 0 Å². The number of fused-ring (bicyclic) bond motifs is 5. The lowest BCUT2D eigenvalue weighted by atomic mass is 9.94. The van der Waals surface area contributed by atoms with E-state index in [1.165, 1.54) is 12.1 Å². The number of ketones is 1. The molecule has 0 spiro atoms. The lowest BCUT2D eigenvalue weighted by Gasteiger charge is -2.07. The van der Waals surface area contributed by atoms with Gasteiger partial charge in [0.25, 0.3) is 0 Å². The normalized spacial score (nSPS) is 11.4. The first-order valence-corrected chi connectivity index (χ1v) is 8.35. The largest absolute Gasteiger partial charge is 0.455 e. The molecule has 1 heterocycles. The molecular weight excluding hydrogens is 327 g/mol. The van der Waals surface area contributed by atoms with E-state index in [0.29, 0.717) is 16.7 Å². The quantitative estimate of drug-likeness (QED) is 0.363. The van der Waals surface area contributed by atoms with E-state index in [-0.39, 0.29) is 5.78 Å². The SMILES string of the molecule is O=C(c1cccc(F)c1)c1cc2ccccc2c2oc3ccccc3c12. The number of benzene rings is 4. The van der Waals surface area contributed by atoms with Gasteiger partial charge in [0.1, 0.15) is 17.0 Å². The highest BCUT2D eigenvalue weighted by atomic mass is 19.1. The Bertz CT molecular complexity index is 1310. The molecular formula is C23H13FO2. The standard InChI is InChI=1S/C23H13FO2/c24-16-8-5-7-15(12-16)22(25)19-13-14-6-1-2-9-17(14)23-21(19)18-10-3-4-11-20(18)26-23/h1-13H. The summed E-state index contributed by atoms with van der Waals surface area (Å²) in [5.41, 5.74) is 2.26. The van der Waals surface area contributed by atoms with Gasteiger partial charge in [-0.3, -0.25) is 4.79 Å². The molecule has 5 rings (SSSR count). The molecule has 0 fully saturated rings. The molecule has 0 saturated heterocycles. The lowest BCUT2D eigenvalue weighted by molar-refractivity contribution is 0.104. The third kappa shape index (κ3) is 2.14. The summed E-state index contributed by atoms with van der Waals surface area (Å²) in [6.45, 7) is 0. The zero-order valence-electron chi connectivity index (χ0n) is 13.7. The molecule has 0 aliphatic rings. The van der Waals surface area contributed by atoms with Crippen LogP contribution < -0.4 is 0 Å². The second-order valence-corrected chi connectivity index (χ2v) is 6.29. The molecule has 0 aliphatic carbocycles. The predicted molar refractivity (Wildman–Crippen MR) is 101 cm³/mol. The molecule has 2 nitrogen and oxygen atoms in total. The van der Waals surface area contributed by atoms with Crippen molar-refractivity contribution in [1.29, 1.82) is 0 Å². The molecule has 0 bridgehead atoms. The molecule has 124 valence electrons. The van der Waals surface area contributed by atoms with E-state index in [4.69, 9.17) is 4.42 Å². The summed E-state index contributed by atoms with van der Waals surface area (Å²) < 4.78 is 19.7. The average Bonchev–Trinajstić information content (AvgIpc) is 3.07. The summed E-state index contributed by atoms with van der Waals surface area (Å²) in [6, 6.07) is 23.1. The Morgan fingerprint density at radius 2 is 1.58 bits per heavy atom. The number of carbonyl (C=O) groups is 1. The van der Waals surface area contributed by atoms with Crippen LogP contribution in [0.2, 0.25) is 0 Å². The summed E-state index contributed by atoms with van der Waals surface area (Å²) in [5, 5.41) is 3.52. The van der Waals surface area contributed by atoms with Gasteiger partial charge in [-0.2, -0.15) is 0 Å². The highest BCUT2D eigenvalue weighted by Gasteiger charge is 2.20. The molecule has 0 unspecified atom stereocenters. The predicted octanol–water partition coefficient (Wildman–Crippen LogP) is 6.11. The van der Waals surface area contributed by atoms with Crippen molar-refractivity contribution >= 4 is 38.5 Å². The lowest BCUT2D eigenvalue weighted by Crippen LogP contribution is -2.02. The van der Waals surface area contributed by atoms with Crippen LogP contribution in [-0.2, 0) is 0 Å². The average molecular weight is 340 g/mol.